The SMILES string of the molecule is C[C@H](NC(=O)C12CC3CC(CC(C3)C1)C2)c1cccc2ccccc12. The van der Waals surface area contributed by atoms with Gasteiger partial charge in [-0.2, -0.15) is 0 Å². The Balaban J connectivity index is 1.40. The molecule has 2 heteroatoms. The minimum atomic E-state index is -0.0619. The largest absolute Gasteiger partial charge is 0.349 e. The number of carbonyl (C=O) groups is 1. The highest BCUT2D eigenvalue weighted by atomic mass is 16.2. The minimum absolute atomic E-state index is 0.0617. The van der Waals surface area contributed by atoms with Crippen molar-refractivity contribution in [3.8, 4) is 0 Å². The van der Waals surface area contributed by atoms with E-state index in [0.717, 1.165) is 37.0 Å². The first kappa shape index (κ1) is 15.4. The Bertz CT molecular complexity index is 783. The van der Waals surface area contributed by atoms with Gasteiger partial charge in [-0.1, -0.05) is 42.5 Å². The summed E-state index contributed by atoms with van der Waals surface area (Å²) < 4.78 is 0. The molecule has 0 heterocycles. The van der Waals surface area contributed by atoms with Gasteiger partial charge in [0.25, 0.3) is 0 Å². The van der Waals surface area contributed by atoms with E-state index < -0.39 is 0 Å². The molecule has 6 rings (SSSR count). The Morgan fingerprint density at radius 3 is 2.24 bits per heavy atom. The van der Waals surface area contributed by atoms with Gasteiger partial charge in [0, 0.05) is 5.41 Å². The first-order chi connectivity index (χ1) is 12.1. The normalized spacial score (nSPS) is 34.2. The number of carbonyl (C=O) groups excluding carboxylic acids is 1. The molecule has 1 atom stereocenters. The Labute approximate surface area is 150 Å². The number of fused-ring (bicyclic) bond motifs is 1. The summed E-state index contributed by atoms with van der Waals surface area (Å²) in [5.74, 6) is 2.76. The molecule has 2 aromatic rings. The third kappa shape index (κ3) is 2.49. The van der Waals surface area contributed by atoms with Crippen LogP contribution in [0.5, 0.6) is 0 Å². The van der Waals surface area contributed by atoms with Crippen molar-refractivity contribution < 1.29 is 4.79 Å². The van der Waals surface area contributed by atoms with Gasteiger partial charge in [0.1, 0.15) is 0 Å². The Morgan fingerprint density at radius 2 is 1.56 bits per heavy atom. The number of benzene rings is 2. The van der Waals surface area contributed by atoms with Crippen molar-refractivity contribution in [3.63, 3.8) is 0 Å². The van der Waals surface area contributed by atoms with Gasteiger partial charge < -0.3 is 5.32 Å². The monoisotopic (exact) mass is 333 g/mol. The molecule has 4 bridgehead atoms. The molecular weight excluding hydrogens is 306 g/mol. The van der Waals surface area contributed by atoms with Gasteiger partial charge in [-0.3, -0.25) is 4.79 Å². The van der Waals surface area contributed by atoms with E-state index in [9.17, 15) is 4.79 Å². The summed E-state index contributed by atoms with van der Waals surface area (Å²) in [4.78, 5) is 13.3. The summed E-state index contributed by atoms with van der Waals surface area (Å²) in [6.07, 6.45) is 7.54. The van der Waals surface area contributed by atoms with Crippen molar-refractivity contribution in [2.45, 2.75) is 51.5 Å². The van der Waals surface area contributed by atoms with Crippen molar-refractivity contribution in [1.82, 2.24) is 5.32 Å². The Kier molecular flexibility index (Phi) is 3.45. The lowest BCUT2D eigenvalue weighted by Crippen LogP contribution is -2.53. The molecule has 4 aliphatic carbocycles. The summed E-state index contributed by atoms with van der Waals surface area (Å²) in [7, 11) is 0. The van der Waals surface area contributed by atoms with Gasteiger partial charge in [0.2, 0.25) is 5.91 Å². The fourth-order valence-electron chi connectivity index (χ4n) is 6.44. The topological polar surface area (TPSA) is 29.1 Å². The number of nitrogens with one attached hydrogen (secondary N) is 1. The summed E-state index contributed by atoms with van der Waals surface area (Å²) >= 11 is 0. The quantitative estimate of drug-likeness (QED) is 0.818. The maximum atomic E-state index is 13.3. The fourth-order valence-corrected chi connectivity index (χ4v) is 6.44. The summed E-state index contributed by atoms with van der Waals surface area (Å²) in [5.41, 5.74) is 1.17. The van der Waals surface area contributed by atoms with Crippen LogP contribution in [0.25, 0.3) is 10.8 Å². The second-order valence-corrected chi connectivity index (χ2v) is 8.96. The van der Waals surface area contributed by atoms with Gasteiger partial charge >= 0.3 is 0 Å². The molecule has 2 aromatic carbocycles. The lowest BCUT2D eigenvalue weighted by atomic mass is 9.49. The molecule has 0 aliphatic heterocycles. The predicted molar refractivity (Wildman–Crippen MR) is 101 cm³/mol. The molecular formula is C23H27NO. The molecule has 4 aliphatic rings. The van der Waals surface area contributed by atoms with E-state index in [1.54, 1.807) is 0 Å². The van der Waals surface area contributed by atoms with E-state index in [1.807, 2.05) is 0 Å². The van der Waals surface area contributed by atoms with Crippen LogP contribution in [0, 0.1) is 23.2 Å². The highest BCUT2D eigenvalue weighted by Gasteiger charge is 2.54. The molecule has 130 valence electrons. The van der Waals surface area contributed by atoms with Crippen molar-refractivity contribution in [3.05, 3.63) is 48.0 Å². The standard InChI is InChI=1S/C23H27NO/c1-15(20-8-4-6-19-5-2-3-7-21(19)20)24-22(25)23-12-16-9-17(13-23)11-18(10-16)14-23/h2-8,15-18H,9-14H2,1H3,(H,24,25)/t15-,16?,17?,18?,23?/m0/s1. The summed E-state index contributed by atoms with van der Waals surface area (Å²) in [5, 5.41) is 5.91. The van der Waals surface area contributed by atoms with Gasteiger partial charge in [-0.15, -0.1) is 0 Å². The third-order valence-corrected chi connectivity index (χ3v) is 7.16. The van der Waals surface area contributed by atoms with Gasteiger partial charge in [0.15, 0.2) is 0 Å². The van der Waals surface area contributed by atoms with Crippen LogP contribution in [0.4, 0.5) is 0 Å². The highest BCUT2D eigenvalue weighted by Crippen LogP contribution is 2.60. The second kappa shape index (κ2) is 5.59. The van der Waals surface area contributed by atoms with E-state index in [2.05, 4.69) is 54.7 Å². The molecule has 0 aromatic heterocycles. The number of rotatable bonds is 3. The van der Waals surface area contributed by atoms with Crippen LogP contribution in [0.2, 0.25) is 0 Å². The smallest absolute Gasteiger partial charge is 0.226 e. The van der Waals surface area contributed by atoms with Crippen LogP contribution in [-0.4, -0.2) is 5.91 Å². The molecule has 0 saturated heterocycles. The second-order valence-electron chi connectivity index (χ2n) is 8.96. The lowest BCUT2D eigenvalue weighted by Gasteiger charge is -2.55. The van der Waals surface area contributed by atoms with Crippen molar-refractivity contribution in [2.24, 2.45) is 23.2 Å². The average Bonchev–Trinajstić information content (AvgIpc) is 2.60. The summed E-state index contributed by atoms with van der Waals surface area (Å²) in [6, 6.07) is 14.9. The van der Waals surface area contributed by atoms with Gasteiger partial charge in [0.05, 0.1) is 6.04 Å². The van der Waals surface area contributed by atoms with Crippen LogP contribution in [0.3, 0.4) is 0 Å². The zero-order valence-electron chi connectivity index (χ0n) is 15.0. The first-order valence-electron chi connectivity index (χ1n) is 9.92. The van der Waals surface area contributed by atoms with E-state index in [-0.39, 0.29) is 11.5 Å². The van der Waals surface area contributed by atoms with Crippen LogP contribution in [0.1, 0.15) is 57.1 Å². The molecule has 4 saturated carbocycles. The first-order valence-corrected chi connectivity index (χ1v) is 9.92. The predicted octanol–water partition coefficient (Wildman–Crippen LogP) is 5.23. The van der Waals surface area contributed by atoms with E-state index in [0.29, 0.717) is 5.91 Å². The molecule has 25 heavy (non-hydrogen) atoms. The Hall–Kier alpha value is -1.83. The van der Waals surface area contributed by atoms with E-state index in [1.165, 1.54) is 35.6 Å². The van der Waals surface area contributed by atoms with Gasteiger partial charge in [-0.05, 0) is 79.5 Å². The average molecular weight is 333 g/mol. The molecule has 1 amide bonds. The van der Waals surface area contributed by atoms with Crippen LogP contribution in [-0.2, 0) is 4.79 Å². The van der Waals surface area contributed by atoms with Crippen molar-refractivity contribution in [2.75, 3.05) is 0 Å². The maximum absolute atomic E-state index is 13.3. The molecule has 4 fully saturated rings. The Morgan fingerprint density at radius 1 is 0.960 bits per heavy atom. The number of hydrogen-bond acceptors (Lipinski definition) is 1. The fraction of sp³-hybridized carbons (Fsp3) is 0.522. The number of hydrogen-bond donors (Lipinski definition) is 1. The molecule has 0 radical (unpaired) electrons. The van der Waals surface area contributed by atoms with Gasteiger partial charge in [-0.25, -0.2) is 0 Å². The summed E-state index contributed by atoms with van der Waals surface area (Å²) in [6.45, 7) is 2.14. The van der Waals surface area contributed by atoms with E-state index in [4.69, 9.17) is 0 Å². The van der Waals surface area contributed by atoms with Crippen LogP contribution < -0.4 is 5.32 Å². The zero-order chi connectivity index (χ0) is 17.0. The maximum Gasteiger partial charge on any atom is 0.226 e. The van der Waals surface area contributed by atoms with Crippen molar-refractivity contribution >= 4 is 16.7 Å². The molecule has 1 N–H and O–H groups in total. The molecule has 2 nitrogen and oxygen atoms in total. The molecule has 0 spiro atoms. The van der Waals surface area contributed by atoms with Crippen molar-refractivity contribution in [1.29, 1.82) is 0 Å². The minimum Gasteiger partial charge on any atom is -0.349 e. The van der Waals surface area contributed by atoms with E-state index >= 15 is 0 Å². The number of amides is 1. The van der Waals surface area contributed by atoms with Crippen LogP contribution in [0.15, 0.2) is 42.5 Å². The van der Waals surface area contributed by atoms with Crippen LogP contribution >= 0.6 is 0 Å². The zero-order valence-corrected chi connectivity index (χ0v) is 15.0. The lowest BCUT2D eigenvalue weighted by molar-refractivity contribution is -0.147. The third-order valence-electron chi connectivity index (χ3n) is 7.16. The highest BCUT2D eigenvalue weighted by molar-refractivity contribution is 5.88. The molecule has 0 unspecified atom stereocenters.